The minimum atomic E-state index is 0. The van der Waals surface area contributed by atoms with Crippen molar-refractivity contribution in [2.24, 2.45) is 0 Å². The number of aromatic hydroxyl groups is 1. The van der Waals surface area contributed by atoms with E-state index in [0.717, 1.165) is 12.1 Å². The molecule has 2 nitrogen and oxygen atoms in total. The zero-order valence-corrected chi connectivity index (χ0v) is 10.2. The van der Waals surface area contributed by atoms with Crippen molar-refractivity contribution in [3.05, 3.63) is 65.7 Å². The Bertz CT molecular complexity index is 445. The van der Waals surface area contributed by atoms with Gasteiger partial charge in [-0.25, -0.2) is 0 Å². The predicted molar refractivity (Wildman–Crippen MR) is 65.1 cm³/mol. The number of phenolic OH excluding ortho intramolecular Hbond substituents is 1. The van der Waals surface area contributed by atoms with E-state index in [9.17, 15) is 5.11 Å². The summed E-state index contributed by atoms with van der Waals surface area (Å²) in [6, 6.07) is 17.6. The highest BCUT2D eigenvalue weighted by atomic mass is 35.5. The topological polar surface area (TPSA) is 32.3 Å². The Kier molecular flexibility index (Phi) is 5.53. The molecule has 0 unspecified atom stereocenters. The molecule has 0 radical (unpaired) electrons. The van der Waals surface area contributed by atoms with Crippen molar-refractivity contribution in [2.75, 3.05) is 0 Å². The molecule has 0 aliphatic rings. The van der Waals surface area contributed by atoms with Crippen LogP contribution in [-0.4, -0.2) is 5.11 Å². The molecule has 2 aromatic carbocycles. The van der Waals surface area contributed by atoms with Gasteiger partial charge in [-0.2, -0.15) is 0 Å². The molecule has 0 aliphatic carbocycles. The molecule has 0 saturated carbocycles. The Morgan fingerprint density at radius 1 is 0.824 bits per heavy atom. The molecule has 0 atom stereocenters. The molecule has 0 aromatic heterocycles. The summed E-state index contributed by atoms with van der Waals surface area (Å²) in [4.78, 5) is 0. The lowest BCUT2D eigenvalue weighted by Gasteiger charge is -2.06. The average molecular weight is 249 g/mol. The summed E-state index contributed by atoms with van der Waals surface area (Å²) in [7, 11) is 0. The molecule has 2 N–H and O–H groups in total. The van der Waals surface area contributed by atoms with Crippen LogP contribution in [0.15, 0.2) is 54.6 Å². The van der Waals surface area contributed by atoms with Gasteiger partial charge in [-0.1, -0.05) is 48.5 Å². The van der Waals surface area contributed by atoms with Gasteiger partial charge in [0.15, 0.2) is 0 Å². The summed E-state index contributed by atoms with van der Waals surface area (Å²) < 4.78 is 0. The van der Waals surface area contributed by atoms with Crippen LogP contribution in [0.25, 0.3) is 0 Å². The first-order valence-corrected chi connectivity index (χ1v) is 5.38. The van der Waals surface area contributed by atoms with E-state index < -0.39 is 0 Å². The zero-order valence-electron chi connectivity index (χ0n) is 9.44. The Hall–Kier alpha value is -1.51. The number of nitrogens with one attached hydrogen (secondary N) is 1. The molecule has 90 valence electrons. The first-order chi connectivity index (χ1) is 7.86. The van der Waals surface area contributed by atoms with Crippen LogP contribution in [0.1, 0.15) is 11.1 Å². The maximum Gasteiger partial charge on any atom is 0.120 e. The van der Waals surface area contributed by atoms with Crippen molar-refractivity contribution in [2.45, 2.75) is 13.1 Å². The quantitative estimate of drug-likeness (QED) is 0.778. The number of para-hydroxylation sites is 1. The van der Waals surface area contributed by atoms with Crippen molar-refractivity contribution < 1.29 is 17.5 Å². The van der Waals surface area contributed by atoms with Gasteiger partial charge in [0.05, 0.1) is 0 Å². The normalized spacial score (nSPS) is 9.65. The van der Waals surface area contributed by atoms with E-state index in [0.29, 0.717) is 12.3 Å². The summed E-state index contributed by atoms with van der Waals surface area (Å²) in [5, 5.41) is 12.9. The second-order valence-electron chi connectivity index (χ2n) is 3.72. The minimum absolute atomic E-state index is 0. The van der Waals surface area contributed by atoms with Crippen LogP contribution in [0, 0.1) is 0 Å². The molecule has 17 heavy (non-hydrogen) atoms. The number of rotatable bonds is 4. The minimum Gasteiger partial charge on any atom is -1.00 e. The monoisotopic (exact) mass is 248 g/mol. The van der Waals surface area contributed by atoms with E-state index in [1.807, 2.05) is 36.4 Å². The lowest BCUT2D eigenvalue weighted by Crippen LogP contribution is -3.00. The van der Waals surface area contributed by atoms with Crippen LogP contribution in [0.5, 0.6) is 5.75 Å². The first-order valence-electron chi connectivity index (χ1n) is 5.38. The van der Waals surface area contributed by atoms with Gasteiger partial charge >= 0.3 is 0 Å². The van der Waals surface area contributed by atoms with Gasteiger partial charge in [0.1, 0.15) is 5.75 Å². The lowest BCUT2D eigenvalue weighted by molar-refractivity contribution is -0.00000424. The molecule has 0 fully saturated rings. The molecular formula is C14H15ClNO-. The molecule has 0 amide bonds. The number of phenols is 1. The third-order valence-electron chi connectivity index (χ3n) is 2.48. The Morgan fingerprint density at radius 3 is 2.18 bits per heavy atom. The molecule has 0 bridgehead atoms. The molecule has 2 rings (SSSR count). The maximum atomic E-state index is 9.57. The van der Waals surface area contributed by atoms with Crippen LogP contribution in [-0.2, 0) is 13.1 Å². The Balaban J connectivity index is 0.00000144. The van der Waals surface area contributed by atoms with E-state index in [1.54, 1.807) is 6.07 Å². The second kappa shape index (κ2) is 6.94. The highest BCUT2D eigenvalue weighted by Gasteiger charge is 1.98. The third-order valence-corrected chi connectivity index (χ3v) is 2.48. The fourth-order valence-electron chi connectivity index (χ4n) is 1.60. The van der Waals surface area contributed by atoms with Crippen LogP contribution in [0.3, 0.4) is 0 Å². The fourth-order valence-corrected chi connectivity index (χ4v) is 1.60. The van der Waals surface area contributed by atoms with Gasteiger partial charge in [-0.15, -0.1) is 0 Å². The number of benzene rings is 2. The SMILES string of the molecule is Oc1ccccc1CNCc1ccccc1.[Cl-]. The number of hydrogen-bond donors (Lipinski definition) is 2. The van der Waals surface area contributed by atoms with Crippen molar-refractivity contribution in [3.8, 4) is 5.75 Å². The van der Waals surface area contributed by atoms with Crippen molar-refractivity contribution in [1.29, 1.82) is 0 Å². The van der Waals surface area contributed by atoms with Gasteiger partial charge < -0.3 is 22.8 Å². The highest BCUT2D eigenvalue weighted by Crippen LogP contribution is 2.14. The van der Waals surface area contributed by atoms with Crippen LogP contribution in [0.2, 0.25) is 0 Å². The zero-order chi connectivity index (χ0) is 11.2. The largest absolute Gasteiger partial charge is 1.00 e. The standard InChI is InChI=1S/C14H15NO.ClH/c16-14-9-5-4-8-13(14)11-15-10-12-6-2-1-3-7-12;/h1-9,15-16H,10-11H2;1H/p-1. The maximum absolute atomic E-state index is 9.57. The Labute approximate surface area is 108 Å². The van der Waals surface area contributed by atoms with Gasteiger partial charge in [-0.3, -0.25) is 0 Å². The Morgan fingerprint density at radius 2 is 1.47 bits per heavy atom. The number of halogens is 1. The van der Waals surface area contributed by atoms with Crippen LogP contribution >= 0.6 is 0 Å². The third kappa shape index (κ3) is 4.10. The summed E-state index contributed by atoms with van der Waals surface area (Å²) in [5.41, 5.74) is 2.18. The average Bonchev–Trinajstić information content (AvgIpc) is 2.33. The summed E-state index contributed by atoms with van der Waals surface area (Å²) in [6.07, 6.45) is 0. The van der Waals surface area contributed by atoms with E-state index >= 15 is 0 Å². The van der Waals surface area contributed by atoms with Crippen molar-refractivity contribution in [3.63, 3.8) is 0 Å². The molecule has 0 spiro atoms. The first kappa shape index (κ1) is 13.6. The van der Waals surface area contributed by atoms with Crippen LogP contribution < -0.4 is 17.7 Å². The fraction of sp³-hybridized carbons (Fsp3) is 0.143. The van der Waals surface area contributed by atoms with E-state index in [4.69, 9.17) is 0 Å². The van der Waals surface area contributed by atoms with Gasteiger partial charge in [0.25, 0.3) is 0 Å². The molecule has 0 aliphatic heterocycles. The number of hydrogen-bond acceptors (Lipinski definition) is 2. The van der Waals surface area contributed by atoms with E-state index in [-0.39, 0.29) is 12.4 Å². The van der Waals surface area contributed by atoms with Gasteiger partial charge in [-0.05, 0) is 11.6 Å². The second-order valence-corrected chi connectivity index (χ2v) is 3.72. The molecule has 3 heteroatoms. The molecular weight excluding hydrogens is 234 g/mol. The van der Waals surface area contributed by atoms with E-state index in [1.165, 1.54) is 5.56 Å². The molecule has 2 aromatic rings. The van der Waals surface area contributed by atoms with E-state index in [2.05, 4.69) is 17.4 Å². The van der Waals surface area contributed by atoms with Gasteiger partial charge in [0, 0.05) is 18.7 Å². The molecule has 0 heterocycles. The summed E-state index contributed by atoms with van der Waals surface area (Å²) >= 11 is 0. The molecule has 0 saturated heterocycles. The predicted octanol–water partition coefficient (Wildman–Crippen LogP) is -0.314. The van der Waals surface area contributed by atoms with Crippen molar-refractivity contribution in [1.82, 2.24) is 5.32 Å². The summed E-state index contributed by atoms with van der Waals surface area (Å²) in [6.45, 7) is 1.50. The van der Waals surface area contributed by atoms with Crippen molar-refractivity contribution >= 4 is 0 Å². The van der Waals surface area contributed by atoms with Crippen LogP contribution in [0.4, 0.5) is 0 Å². The van der Waals surface area contributed by atoms with Gasteiger partial charge in [0.2, 0.25) is 0 Å². The smallest absolute Gasteiger partial charge is 0.120 e. The summed E-state index contributed by atoms with van der Waals surface area (Å²) in [5.74, 6) is 0.350. The lowest BCUT2D eigenvalue weighted by atomic mass is 10.2. The highest BCUT2D eigenvalue weighted by molar-refractivity contribution is 5.31.